The van der Waals surface area contributed by atoms with Crippen LogP contribution in [0.4, 0.5) is 5.69 Å². The lowest BCUT2D eigenvalue weighted by atomic mass is 10.0. The highest BCUT2D eigenvalue weighted by Gasteiger charge is 1.94. The van der Waals surface area contributed by atoms with E-state index in [0.717, 1.165) is 0 Å². The largest absolute Gasteiger partial charge is 0.699 e. The molecule has 0 aromatic heterocycles. The van der Waals surface area contributed by atoms with Gasteiger partial charge >= 0.3 is 0 Å². The van der Waals surface area contributed by atoms with Crippen LogP contribution in [0.3, 0.4) is 0 Å². The molecule has 0 saturated carbocycles. The molecule has 1 N–H and O–H groups in total. The number of hydrogen-bond acceptors (Lipinski definition) is 0. The van der Waals surface area contributed by atoms with Crippen molar-refractivity contribution in [2.75, 3.05) is 0 Å². The van der Waals surface area contributed by atoms with Crippen LogP contribution in [0.5, 0.6) is 0 Å². The van der Waals surface area contributed by atoms with Gasteiger partial charge in [-0.25, -0.2) is 0 Å². The lowest BCUT2D eigenvalue weighted by Crippen LogP contribution is -1.77. The fourth-order valence-corrected chi connectivity index (χ4v) is 1.41. The molecule has 0 saturated heterocycles. The van der Waals surface area contributed by atoms with Crippen molar-refractivity contribution < 1.29 is 0 Å². The molecule has 0 aliphatic rings. The van der Waals surface area contributed by atoms with Crippen LogP contribution in [-0.2, 0) is 0 Å². The van der Waals surface area contributed by atoms with E-state index in [0.29, 0.717) is 5.69 Å². The molecule has 2 aromatic rings. The van der Waals surface area contributed by atoms with Crippen LogP contribution in [0.25, 0.3) is 16.9 Å². The van der Waals surface area contributed by atoms with E-state index in [1.165, 1.54) is 16.7 Å². The number of aryl methyl sites for hydroxylation is 1. The SMILES string of the molecule is Cc1ccc(-c2ccc([NH-])cc2)cc1. The lowest BCUT2D eigenvalue weighted by Gasteiger charge is -2.05. The summed E-state index contributed by atoms with van der Waals surface area (Å²) in [6, 6.07) is 16.0. The first kappa shape index (κ1) is 8.82. The van der Waals surface area contributed by atoms with Crippen molar-refractivity contribution in [2.24, 2.45) is 0 Å². The summed E-state index contributed by atoms with van der Waals surface area (Å²) in [7, 11) is 0. The van der Waals surface area contributed by atoms with Crippen LogP contribution < -0.4 is 0 Å². The quantitative estimate of drug-likeness (QED) is 0.626. The molecule has 0 spiro atoms. The molecule has 1 nitrogen and oxygen atoms in total. The minimum Gasteiger partial charge on any atom is -0.699 e. The van der Waals surface area contributed by atoms with E-state index in [9.17, 15) is 0 Å². The molecule has 0 unspecified atom stereocenters. The molecule has 14 heavy (non-hydrogen) atoms. The van der Waals surface area contributed by atoms with Crippen molar-refractivity contribution in [2.45, 2.75) is 6.92 Å². The molecule has 0 heterocycles. The van der Waals surface area contributed by atoms with Gasteiger partial charge in [0.15, 0.2) is 0 Å². The Morgan fingerprint density at radius 1 is 0.714 bits per heavy atom. The summed E-state index contributed by atoms with van der Waals surface area (Å²) < 4.78 is 0. The summed E-state index contributed by atoms with van der Waals surface area (Å²) in [4.78, 5) is 0. The van der Waals surface area contributed by atoms with E-state index in [4.69, 9.17) is 5.73 Å². The van der Waals surface area contributed by atoms with Crippen LogP contribution in [0.15, 0.2) is 48.5 Å². The molecular formula is C13H12N-. The molecule has 0 atom stereocenters. The Kier molecular flexibility index (Phi) is 2.23. The number of nitrogens with one attached hydrogen (secondary N) is 1. The average molecular weight is 182 g/mol. The Hall–Kier alpha value is -1.76. The Bertz CT molecular complexity index is 368. The first-order valence-corrected chi connectivity index (χ1v) is 4.64. The van der Waals surface area contributed by atoms with Crippen LogP contribution in [0.1, 0.15) is 5.56 Å². The molecule has 0 fully saturated rings. The molecule has 70 valence electrons. The molecule has 0 bridgehead atoms. The van der Waals surface area contributed by atoms with Gasteiger partial charge in [-0.2, -0.15) is 0 Å². The van der Waals surface area contributed by atoms with Gasteiger partial charge in [0.25, 0.3) is 0 Å². The lowest BCUT2D eigenvalue weighted by molar-refractivity contribution is 1.47. The van der Waals surface area contributed by atoms with E-state index in [-0.39, 0.29) is 0 Å². The summed E-state index contributed by atoms with van der Waals surface area (Å²) >= 11 is 0. The Labute approximate surface area is 84.2 Å². The Balaban J connectivity index is 2.40. The zero-order valence-corrected chi connectivity index (χ0v) is 8.12. The maximum absolute atomic E-state index is 7.39. The number of rotatable bonds is 1. The summed E-state index contributed by atoms with van der Waals surface area (Å²) in [5.74, 6) is 0. The first-order chi connectivity index (χ1) is 6.75. The van der Waals surface area contributed by atoms with Gasteiger partial charge in [-0.1, -0.05) is 54.1 Å². The fraction of sp³-hybridized carbons (Fsp3) is 0.0769. The summed E-state index contributed by atoms with van der Waals surface area (Å²) in [6.07, 6.45) is 0. The maximum atomic E-state index is 7.39. The Morgan fingerprint density at radius 2 is 1.14 bits per heavy atom. The van der Waals surface area contributed by atoms with Crippen LogP contribution in [0.2, 0.25) is 0 Å². The van der Waals surface area contributed by atoms with Gasteiger partial charge in [0.1, 0.15) is 0 Å². The van der Waals surface area contributed by atoms with Crippen molar-refractivity contribution in [3.8, 4) is 11.1 Å². The van der Waals surface area contributed by atoms with Crippen LogP contribution >= 0.6 is 0 Å². The topological polar surface area (TPSA) is 23.8 Å². The van der Waals surface area contributed by atoms with E-state index in [1.807, 2.05) is 24.3 Å². The highest BCUT2D eigenvalue weighted by atomic mass is 14.5. The zero-order chi connectivity index (χ0) is 9.97. The Morgan fingerprint density at radius 3 is 1.64 bits per heavy atom. The molecule has 1 heteroatoms. The van der Waals surface area contributed by atoms with Crippen molar-refractivity contribution >= 4 is 5.69 Å². The second-order valence-electron chi connectivity index (χ2n) is 3.44. The number of benzene rings is 2. The second-order valence-corrected chi connectivity index (χ2v) is 3.44. The summed E-state index contributed by atoms with van der Waals surface area (Å²) in [5, 5.41) is 0. The molecule has 2 rings (SSSR count). The first-order valence-electron chi connectivity index (χ1n) is 4.64. The summed E-state index contributed by atoms with van der Waals surface area (Å²) in [5.41, 5.74) is 11.6. The minimum absolute atomic E-state index is 0.556. The third-order valence-corrected chi connectivity index (χ3v) is 2.27. The van der Waals surface area contributed by atoms with E-state index < -0.39 is 0 Å². The van der Waals surface area contributed by atoms with Gasteiger partial charge in [0, 0.05) is 0 Å². The minimum atomic E-state index is 0.556. The van der Waals surface area contributed by atoms with Crippen LogP contribution in [-0.4, -0.2) is 0 Å². The van der Waals surface area contributed by atoms with Crippen LogP contribution in [0, 0.1) is 6.92 Å². The number of hydrogen-bond donors (Lipinski definition) is 0. The molecular weight excluding hydrogens is 170 g/mol. The maximum Gasteiger partial charge on any atom is -0.0184 e. The van der Waals surface area contributed by atoms with Gasteiger partial charge < -0.3 is 5.73 Å². The highest BCUT2D eigenvalue weighted by molar-refractivity contribution is 5.66. The van der Waals surface area contributed by atoms with Crippen molar-refractivity contribution in [1.29, 1.82) is 0 Å². The fourth-order valence-electron chi connectivity index (χ4n) is 1.41. The molecule has 0 aliphatic carbocycles. The van der Waals surface area contributed by atoms with Crippen molar-refractivity contribution in [1.82, 2.24) is 0 Å². The smallest absolute Gasteiger partial charge is 0.0184 e. The second kappa shape index (κ2) is 3.54. The van der Waals surface area contributed by atoms with Gasteiger partial charge in [-0.15, -0.1) is 5.69 Å². The zero-order valence-electron chi connectivity index (χ0n) is 8.12. The van der Waals surface area contributed by atoms with E-state index >= 15 is 0 Å². The van der Waals surface area contributed by atoms with Gasteiger partial charge in [-0.05, 0) is 18.1 Å². The van der Waals surface area contributed by atoms with E-state index in [2.05, 4.69) is 31.2 Å². The third kappa shape index (κ3) is 1.77. The molecule has 0 amide bonds. The van der Waals surface area contributed by atoms with Gasteiger partial charge in [0.05, 0.1) is 0 Å². The monoisotopic (exact) mass is 182 g/mol. The standard InChI is InChI=1S/C13H12N/c1-10-2-4-11(5-3-10)12-6-8-13(14)9-7-12/h2-9,14H,1H3/q-1. The predicted octanol–water partition coefficient (Wildman–Crippen LogP) is 4.35. The van der Waals surface area contributed by atoms with Crippen molar-refractivity contribution in [3.05, 3.63) is 59.8 Å². The molecule has 2 aromatic carbocycles. The van der Waals surface area contributed by atoms with E-state index in [1.54, 1.807) is 0 Å². The van der Waals surface area contributed by atoms with Gasteiger partial charge in [-0.3, -0.25) is 0 Å². The molecule has 0 radical (unpaired) electrons. The third-order valence-electron chi connectivity index (χ3n) is 2.27. The average Bonchev–Trinajstić information content (AvgIpc) is 2.21. The predicted molar refractivity (Wildman–Crippen MR) is 60.6 cm³/mol. The summed E-state index contributed by atoms with van der Waals surface area (Å²) in [6.45, 7) is 2.08. The molecule has 0 aliphatic heterocycles. The normalized spacial score (nSPS) is 10.1. The highest BCUT2D eigenvalue weighted by Crippen LogP contribution is 2.22. The van der Waals surface area contributed by atoms with Gasteiger partial charge in [0.2, 0.25) is 0 Å². The van der Waals surface area contributed by atoms with Crippen molar-refractivity contribution in [3.63, 3.8) is 0 Å².